The maximum absolute atomic E-state index is 5.75. The molecule has 0 N–H and O–H groups in total. The van der Waals surface area contributed by atoms with Crippen molar-refractivity contribution in [1.29, 1.82) is 0 Å². The number of rotatable bonds is 5. The Bertz CT molecular complexity index is 202. The summed E-state index contributed by atoms with van der Waals surface area (Å²) in [6.07, 6.45) is 8.65. The zero-order valence-corrected chi connectivity index (χ0v) is 11.4. The van der Waals surface area contributed by atoms with Crippen LogP contribution in [0.2, 0.25) is 0 Å². The summed E-state index contributed by atoms with van der Waals surface area (Å²) in [6.45, 7) is 2.95. The van der Waals surface area contributed by atoms with Crippen LogP contribution in [0.15, 0.2) is 0 Å². The highest BCUT2D eigenvalue weighted by Crippen LogP contribution is 2.54. The summed E-state index contributed by atoms with van der Waals surface area (Å²) >= 11 is 11.0. The van der Waals surface area contributed by atoms with Gasteiger partial charge in [-0.2, -0.15) is 0 Å². The fraction of sp³-hybridized carbons (Fsp3) is 1.00. The molecule has 0 spiro atoms. The first-order valence-electron chi connectivity index (χ1n) is 5.62. The molecule has 0 heterocycles. The minimum atomic E-state index is -1.88. The molecule has 1 atom stereocenters. The molecule has 1 saturated carbocycles. The van der Waals surface area contributed by atoms with Crippen LogP contribution >= 0.6 is 5.47 Å². The molecule has 1 fully saturated rings. The van der Waals surface area contributed by atoms with Crippen molar-refractivity contribution in [2.24, 2.45) is 0 Å². The second-order valence-electron chi connectivity index (χ2n) is 4.02. The van der Waals surface area contributed by atoms with Crippen molar-refractivity contribution >= 4 is 29.5 Å². The minimum absolute atomic E-state index is 0.540. The summed E-state index contributed by atoms with van der Waals surface area (Å²) in [6, 6.07) is 0. The van der Waals surface area contributed by atoms with Gasteiger partial charge < -0.3 is 16.8 Å². The van der Waals surface area contributed by atoms with Crippen LogP contribution in [0.4, 0.5) is 0 Å². The van der Waals surface area contributed by atoms with E-state index in [9.17, 15) is 0 Å². The standard InChI is InChI=1S/C10H21OPS2/c1-2-3-9-11-12(13,14)10-7-5-4-6-8-10/h10H,2-9H2,1H3,(H,13,14)/p-1. The van der Waals surface area contributed by atoms with Gasteiger partial charge in [-0.15, -0.1) is 0 Å². The average molecular weight is 251 g/mol. The fourth-order valence-electron chi connectivity index (χ4n) is 1.84. The molecule has 0 saturated heterocycles. The molecule has 84 valence electrons. The van der Waals surface area contributed by atoms with Gasteiger partial charge in [-0.3, -0.25) is 0 Å². The third kappa shape index (κ3) is 4.22. The molecular formula is C10H20OPS2-. The maximum Gasteiger partial charge on any atom is 0.0493 e. The summed E-state index contributed by atoms with van der Waals surface area (Å²) < 4.78 is 5.75. The van der Waals surface area contributed by atoms with Gasteiger partial charge in [0.05, 0.1) is 0 Å². The first-order chi connectivity index (χ1) is 6.67. The zero-order valence-electron chi connectivity index (χ0n) is 8.91. The van der Waals surface area contributed by atoms with Gasteiger partial charge >= 0.3 is 0 Å². The quantitative estimate of drug-likeness (QED) is 0.415. The molecular weight excluding hydrogens is 231 g/mol. The van der Waals surface area contributed by atoms with E-state index in [-0.39, 0.29) is 0 Å². The van der Waals surface area contributed by atoms with Gasteiger partial charge in [-0.1, -0.05) is 49.9 Å². The van der Waals surface area contributed by atoms with E-state index in [0.717, 1.165) is 19.4 Å². The predicted molar refractivity (Wildman–Crippen MR) is 69.4 cm³/mol. The second-order valence-corrected chi connectivity index (χ2v) is 10.0. The van der Waals surface area contributed by atoms with Crippen LogP contribution in [0.1, 0.15) is 51.9 Å². The van der Waals surface area contributed by atoms with Crippen molar-refractivity contribution < 1.29 is 4.52 Å². The van der Waals surface area contributed by atoms with E-state index in [1.54, 1.807) is 0 Å². The van der Waals surface area contributed by atoms with Crippen LogP contribution in [0.25, 0.3) is 0 Å². The Hall–Kier alpha value is 0.960. The van der Waals surface area contributed by atoms with Crippen molar-refractivity contribution in [3.05, 3.63) is 0 Å². The minimum Gasteiger partial charge on any atom is -0.719 e. The third-order valence-electron chi connectivity index (χ3n) is 2.79. The zero-order chi connectivity index (χ0) is 10.4. The molecule has 1 aliphatic rings. The first kappa shape index (κ1) is 13.0. The van der Waals surface area contributed by atoms with Crippen molar-refractivity contribution in [2.45, 2.75) is 57.5 Å². The lowest BCUT2D eigenvalue weighted by molar-refractivity contribution is 0.336. The van der Waals surface area contributed by atoms with E-state index < -0.39 is 5.47 Å². The number of unbranched alkanes of at least 4 members (excludes halogenated alkanes) is 1. The van der Waals surface area contributed by atoms with E-state index in [1.807, 2.05) is 0 Å². The highest BCUT2D eigenvalue weighted by atomic mass is 32.9. The normalized spacial score (nSPS) is 23.3. The lowest BCUT2D eigenvalue weighted by Gasteiger charge is -2.39. The Morgan fingerprint density at radius 3 is 2.57 bits per heavy atom. The van der Waals surface area contributed by atoms with E-state index in [1.165, 1.54) is 32.1 Å². The molecule has 0 aliphatic heterocycles. The van der Waals surface area contributed by atoms with Crippen molar-refractivity contribution in [2.75, 3.05) is 6.61 Å². The van der Waals surface area contributed by atoms with Gasteiger partial charge in [-0.25, -0.2) is 0 Å². The SMILES string of the molecule is CCCCOP(=S)([S-])C1CCCCC1. The molecule has 0 aromatic heterocycles. The molecule has 14 heavy (non-hydrogen) atoms. The molecule has 4 heteroatoms. The molecule has 1 rings (SSSR count). The van der Waals surface area contributed by atoms with E-state index in [0.29, 0.717) is 5.66 Å². The van der Waals surface area contributed by atoms with Crippen LogP contribution in [-0.4, -0.2) is 12.3 Å². The second kappa shape index (κ2) is 6.52. The van der Waals surface area contributed by atoms with Gasteiger partial charge in [-0.05, 0) is 24.9 Å². The van der Waals surface area contributed by atoms with Gasteiger partial charge in [0, 0.05) is 6.61 Å². The topological polar surface area (TPSA) is 9.23 Å². The Kier molecular flexibility index (Phi) is 6.07. The van der Waals surface area contributed by atoms with Crippen molar-refractivity contribution in [3.8, 4) is 0 Å². The molecule has 1 aliphatic carbocycles. The highest BCUT2D eigenvalue weighted by Gasteiger charge is 2.20. The Morgan fingerprint density at radius 2 is 2.00 bits per heavy atom. The van der Waals surface area contributed by atoms with Crippen LogP contribution in [0.3, 0.4) is 0 Å². The molecule has 0 amide bonds. The lowest BCUT2D eigenvalue weighted by Crippen LogP contribution is -2.13. The summed E-state index contributed by atoms with van der Waals surface area (Å²) in [7, 11) is 0. The van der Waals surface area contributed by atoms with Crippen LogP contribution in [-0.2, 0) is 28.6 Å². The summed E-state index contributed by atoms with van der Waals surface area (Å²) in [4.78, 5) is 0. The lowest BCUT2D eigenvalue weighted by atomic mass is 10.0. The molecule has 0 aromatic carbocycles. The number of hydrogen-bond donors (Lipinski definition) is 0. The number of hydrogen-bond acceptors (Lipinski definition) is 3. The monoisotopic (exact) mass is 251 g/mol. The summed E-state index contributed by atoms with van der Waals surface area (Å²) in [5.74, 6) is 0. The van der Waals surface area contributed by atoms with E-state index in [2.05, 4.69) is 6.92 Å². The Morgan fingerprint density at radius 1 is 1.36 bits per heavy atom. The summed E-state index contributed by atoms with van der Waals surface area (Å²) in [5.41, 5.74) is -1.34. The fourth-order valence-corrected chi connectivity index (χ4v) is 5.14. The highest BCUT2D eigenvalue weighted by molar-refractivity contribution is 8.53. The molecule has 1 nitrogen and oxygen atoms in total. The van der Waals surface area contributed by atoms with E-state index >= 15 is 0 Å². The van der Waals surface area contributed by atoms with Crippen LogP contribution < -0.4 is 0 Å². The predicted octanol–water partition coefficient (Wildman–Crippen LogP) is 3.99. The van der Waals surface area contributed by atoms with Gasteiger partial charge in [0.1, 0.15) is 0 Å². The Labute approximate surface area is 98.2 Å². The van der Waals surface area contributed by atoms with E-state index in [4.69, 9.17) is 28.6 Å². The maximum atomic E-state index is 5.75. The van der Waals surface area contributed by atoms with Crippen molar-refractivity contribution in [1.82, 2.24) is 0 Å². The Balaban J connectivity index is 2.34. The smallest absolute Gasteiger partial charge is 0.0493 e. The van der Waals surface area contributed by atoms with Crippen LogP contribution in [0, 0.1) is 0 Å². The summed E-state index contributed by atoms with van der Waals surface area (Å²) in [5, 5.41) is 0. The third-order valence-corrected chi connectivity index (χ3v) is 7.17. The molecule has 0 radical (unpaired) electrons. The van der Waals surface area contributed by atoms with Crippen molar-refractivity contribution in [3.63, 3.8) is 0 Å². The van der Waals surface area contributed by atoms with Gasteiger partial charge in [0.15, 0.2) is 0 Å². The van der Waals surface area contributed by atoms with Gasteiger partial charge in [0.25, 0.3) is 0 Å². The molecule has 1 unspecified atom stereocenters. The average Bonchev–Trinajstić information content (AvgIpc) is 2.19. The molecule has 0 aromatic rings. The first-order valence-corrected chi connectivity index (χ1v) is 9.42. The van der Waals surface area contributed by atoms with Gasteiger partial charge in [0.2, 0.25) is 0 Å². The van der Waals surface area contributed by atoms with Crippen LogP contribution in [0.5, 0.6) is 0 Å². The largest absolute Gasteiger partial charge is 0.719 e. The molecule has 0 bridgehead atoms.